The Labute approximate surface area is 154 Å². The van der Waals surface area contributed by atoms with Gasteiger partial charge in [0.25, 0.3) is 0 Å². The molecule has 118 valence electrons. The Balaban J connectivity index is 1.82. The second-order valence-corrected chi connectivity index (χ2v) is 7.91. The average molecular weight is 383 g/mol. The molecule has 0 saturated heterocycles. The molecule has 0 amide bonds. The fraction of sp³-hybridized carbons (Fsp3) is 0. The molecular formula is C24H16Se. The maximum absolute atomic E-state index is 3.42. The van der Waals surface area contributed by atoms with Crippen molar-refractivity contribution in [1.29, 1.82) is 0 Å². The quantitative estimate of drug-likeness (QED) is 0.318. The molecule has 0 aliphatic heterocycles. The third-order valence-corrected chi connectivity index (χ3v) is 6.53. The molecule has 0 nitrogen and oxygen atoms in total. The van der Waals surface area contributed by atoms with Gasteiger partial charge in [-0.1, -0.05) is 0 Å². The molecule has 0 N–H and O–H groups in total. The summed E-state index contributed by atoms with van der Waals surface area (Å²) in [5, 5.41) is 0. The van der Waals surface area contributed by atoms with E-state index >= 15 is 0 Å². The van der Waals surface area contributed by atoms with Crippen LogP contribution in [0.1, 0.15) is 11.1 Å². The Morgan fingerprint density at radius 2 is 1.12 bits per heavy atom. The Kier molecular flexibility index (Phi) is 4.66. The van der Waals surface area contributed by atoms with Crippen LogP contribution < -0.4 is 0 Å². The molecule has 0 bridgehead atoms. The van der Waals surface area contributed by atoms with E-state index in [0.717, 1.165) is 11.1 Å². The molecule has 4 rings (SSSR count). The maximum atomic E-state index is 3.42. The van der Waals surface area contributed by atoms with Crippen LogP contribution in [0, 0.1) is 11.8 Å². The zero-order chi connectivity index (χ0) is 16.9. The zero-order valence-corrected chi connectivity index (χ0v) is 15.4. The van der Waals surface area contributed by atoms with E-state index < -0.39 is 0 Å². The summed E-state index contributed by atoms with van der Waals surface area (Å²) in [5.41, 5.74) is 4.78. The molecule has 0 fully saturated rings. The van der Waals surface area contributed by atoms with Crippen molar-refractivity contribution in [2.75, 3.05) is 0 Å². The average Bonchev–Trinajstić information content (AvgIpc) is 3.13. The molecule has 1 heteroatoms. The van der Waals surface area contributed by atoms with Crippen molar-refractivity contribution in [2.45, 2.75) is 0 Å². The summed E-state index contributed by atoms with van der Waals surface area (Å²) in [6.45, 7) is 0. The van der Waals surface area contributed by atoms with Crippen LogP contribution >= 0.6 is 0 Å². The summed E-state index contributed by atoms with van der Waals surface area (Å²) in [6, 6.07) is 33.7. The summed E-state index contributed by atoms with van der Waals surface area (Å²) in [4.78, 5) is 0. The van der Waals surface area contributed by atoms with Gasteiger partial charge in [-0.25, -0.2) is 0 Å². The van der Waals surface area contributed by atoms with Crippen LogP contribution in [-0.2, 0) is 0 Å². The number of hydrogen-bond acceptors (Lipinski definition) is 0. The molecule has 25 heavy (non-hydrogen) atoms. The number of rotatable bonds is 2. The van der Waals surface area contributed by atoms with Gasteiger partial charge in [0.15, 0.2) is 0 Å². The summed E-state index contributed by atoms with van der Waals surface area (Å²) < 4.78 is 2.76. The topological polar surface area (TPSA) is 0 Å². The first-order valence-electron chi connectivity index (χ1n) is 8.22. The number of benzene rings is 3. The Morgan fingerprint density at radius 1 is 0.560 bits per heavy atom. The summed E-state index contributed by atoms with van der Waals surface area (Å²) in [6.07, 6.45) is 0. The van der Waals surface area contributed by atoms with E-state index in [1.165, 1.54) is 20.0 Å². The molecular weight excluding hydrogens is 367 g/mol. The summed E-state index contributed by atoms with van der Waals surface area (Å²) in [5.74, 6) is 6.73. The number of hydrogen-bond donors (Lipinski definition) is 0. The standard InChI is InChI=1S/C24H16Se/c1-4-10-19(11-5-1)16-17-22-18-23(20-12-6-2-7-13-20)25-24(22)21-14-8-3-9-15-21/h1-15,18H. The molecule has 0 aliphatic carbocycles. The second kappa shape index (κ2) is 7.41. The Morgan fingerprint density at radius 3 is 1.76 bits per heavy atom. The van der Waals surface area contributed by atoms with Crippen LogP contribution in [0.5, 0.6) is 0 Å². The van der Waals surface area contributed by atoms with Gasteiger partial charge in [-0.2, -0.15) is 0 Å². The third-order valence-electron chi connectivity index (χ3n) is 3.94. The van der Waals surface area contributed by atoms with Gasteiger partial charge in [-0.05, 0) is 0 Å². The van der Waals surface area contributed by atoms with Crippen molar-refractivity contribution in [3.05, 3.63) is 108 Å². The van der Waals surface area contributed by atoms with Crippen molar-refractivity contribution in [3.63, 3.8) is 0 Å². The molecule has 0 spiro atoms. The molecule has 1 aromatic heterocycles. The van der Waals surface area contributed by atoms with Gasteiger partial charge >= 0.3 is 155 Å². The second-order valence-electron chi connectivity index (χ2n) is 5.70. The minimum atomic E-state index is 0.267. The van der Waals surface area contributed by atoms with Gasteiger partial charge in [0, 0.05) is 0 Å². The first kappa shape index (κ1) is 15.7. The Bertz CT molecular complexity index is 1020. The van der Waals surface area contributed by atoms with Crippen molar-refractivity contribution in [3.8, 4) is 31.8 Å². The molecule has 0 radical (unpaired) electrons. The van der Waals surface area contributed by atoms with Gasteiger partial charge in [0.05, 0.1) is 0 Å². The van der Waals surface area contributed by atoms with E-state index in [1.807, 2.05) is 18.2 Å². The van der Waals surface area contributed by atoms with Crippen LogP contribution in [0.2, 0.25) is 0 Å². The van der Waals surface area contributed by atoms with Crippen molar-refractivity contribution < 1.29 is 0 Å². The van der Waals surface area contributed by atoms with Crippen molar-refractivity contribution >= 4 is 14.5 Å². The fourth-order valence-electron chi connectivity index (χ4n) is 2.69. The predicted molar refractivity (Wildman–Crippen MR) is 107 cm³/mol. The first-order chi connectivity index (χ1) is 12.4. The van der Waals surface area contributed by atoms with E-state index in [0.29, 0.717) is 0 Å². The van der Waals surface area contributed by atoms with Gasteiger partial charge in [0.1, 0.15) is 0 Å². The van der Waals surface area contributed by atoms with Crippen molar-refractivity contribution in [2.24, 2.45) is 0 Å². The molecule has 0 aliphatic rings. The van der Waals surface area contributed by atoms with Crippen LogP contribution in [-0.4, -0.2) is 14.5 Å². The molecule has 3 aromatic carbocycles. The Hall–Kier alpha value is -2.78. The van der Waals surface area contributed by atoms with E-state index in [4.69, 9.17) is 0 Å². The molecule has 0 unspecified atom stereocenters. The van der Waals surface area contributed by atoms with E-state index in [9.17, 15) is 0 Å². The first-order valence-corrected chi connectivity index (χ1v) is 9.93. The summed E-state index contributed by atoms with van der Waals surface area (Å²) >= 11 is 0.267. The normalized spacial score (nSPS) is 10.1. The summed E-state index contributed by atoms with van der Waals surface area (Å²) in [7, 11) is 0. The van der Waals surface area contributed by atoms with Gasteiger partial charge in [0.2, 0.25) is 0 Å². The monoisotopic (exact) mass is 384 g/mol. The third kappa shape index (κ3) is 3.67. The van der Waals surface area contributed by atoms with Gasteiger partial charge in [-0.3, -0.25) is 0 Å². The van der Waals surface area contributed by atoms with Crippen LogP contribution in [0.3, 0.4) is 0 Å². The van der Waals surface area contributed by atoms with Gasteiger partial charge in [-0.15, -0.1) is 0 Å². The molecule has 4 aromatic rings. The molecule has 1 heterocycles. The van der Waals surface area contributed by atoms with Crippen molar-refractivity contribution in [1.82, 2.24) is 0 Å². The zero-order valence-electron chi connectivity index (χ0n) is 13.6. The van der Waals surface area contributed by atoms with E-state index in [1.54, 1.807) is 0 Å². The van der Waals surface area contributed by atoms with Gasteiger partial charge < -0.3 is 0 Å². The fourth-order valence-corrected chi connectivity index (χ4v) is 5.05. The van der Waals surface area contributed by atoms with Crippen LogP contribution in [0.15, 0.2) is 97.1 Å². The minimum absolute atomic E-state index is 0.267. The van der Waals surface area contributed by atoms with E-state index in [-0.39, 0.29) is 14.5 Å². The SMILES string of the molecule is C(#Cc1cc(-c2ccccc2)[se]c1-c1ccccc1)c1ccccc1. The van der Waals surface area contributed by atoms with E-state index in [2.05, 4.69) is 90.7 Å². The van der Waals surface area contributed by atoms with Crippen LogP contribution in [0.4, 0.5) is 0 Å². The molecule has 0 atom stereocenters. The predicted octanol–water partition coefficient (Wildman–Crippen LogP) is 5.48. The van der Waals surface area contributed by atoms with Crippen LogP contribution in [0.25, 0.3) is 20.0 Å². The molecule has 0 saturated carbocycles.